The molecule has 2 aliphatic heterocycles. The SMILES string of the molecule is CC(C)(C(=O)N1CCC(O)C1)C1CCCNC1. The van der Waals surface area contributed by atoms with Crippen molar-refractivity contribution < 1.29 is 9.90 Å². The van der Waals surface area contributed by atoms with Crippen LogP contribution in [0.1, 0.15) is 33.1 Å². The van der Waals surface area contributed by atoms with Gasteiger partial charge >= 0.3 is 0 Å². The number of hydrogen-bond donors (Lipinski definition) is 2. The number of hydrogen-bond acceptors (Lipinski definition) is 3. The predicted octanol–water partition coefficient (Wildman–Crippen LogP) is 0.605. The van der Waals surface area contributed by atoms with E-state index < -0.39 is 0 Å². The van der Waals surface area contributed by atoms with E-state index in [2.05, 4.69) is 19.2 Å². The van der Waals surface area contributed by atoms with Crippen molar-refractivity contribution in [1.29, 1.82) is 0 Å². The highest BCUT2D eigenvalue weighted by molar-refractivity contribution is 5.82. The summed E-state index contributed by atoms with van der Waals surface area (Å²) in [4.78, 5) is 14.3. The van der Waals surface area contributed by atoms with Crippen molar-refractivity contribution >= 4 is 5.91 Å². The molecule has 2 saturated heterocycles. The number of carbonyl (C=O) groups excluding carboxylic acids is 1. The van der Waals surface area contributed by atoms with Crippen LogP contribution in [-0.4, -0.2) is 48.2 Å². The number of β-amino-alcohol motifs (C(OH)–C–C–N with tert-alkyl or cyclic N) is 1. The number of amides is 1. The zero-order valence-electron chi connectivity index (χ0n) is 10.9. The van der Waals surface area contributed by atoms with Crippen molar-refractivity contribution in [1.82, 2.24) is 10.2 Å². The average Bonchev–Trinajstić information content (AvgIpc) is 2.76. The lowest BCUT2D eigenvalue weighted by atomic mass is 9.74. The van der Waals surface area contributed by atoms with Crippen LogP contribution in [0, 0.1) is 11.3 Å². The Bertz CT molecular complexity index is 285. The minimum atomic E-state index is -0.320. The normalized spacial score (nSPS) is 30.6. The second-order valence-electron chi connectivity index (χ2n) is 5.96. The Labute approximate surface area is 103 Å². The molecule has 0 spiro atoms. The highest BCUT2D eigenvalue weighted by Crippen LogP contribution is 2.34. The van der Waals surface area contributed by atoms with Crippen LogP contribution in [0.3, 0.4) is 0 Å². The number of aliphatic hydroxyl groups excluding tert-OH is 1. The third-order valence-electron chi connectivity index (χ3n) is 4.32. The lowest BCUT2D eigenvalue weighted by molar-refractivity contribution is -0.143. The van der Waals surface area contributed by atoms with E-state index in [1.54, 1.807) is 0 Å². The first-order valence-corrected chi connectivity index (χ1v) is 6.70. The molecule has 0 aromatic carbocycles. The van der Waals surface area contributed by atoms with Gasteiger partial charge in [0.1, 0.15) is 0 Å². The Morgan fingerprint density at radius 3 is 2.71 bits per heavy atom. The van der Waals surface area contributed by atoms with Crippen LogP contribution in [0.15, 0.2) is 0 Å². The molecule has 0 aromatic rings. The van der Waals surface area contributed by atoms with Gasteiger partial charge in [-0.15, -0.1) is 0 Å². The maximum atomic E-state index is 12.5. The topological polar surface area (TPSA) is 52.6 Å². The molecule has 0 bridgehead atoms. The van der Waals surface area contributed by atoms with Gasteiger partial charge in [-0.2, -0.15) is 0 Å². The molecule has 2 heterocycles. The Hall–Kier alpha value is -0.610. The summed E-state index contributed by atoms with van der Waals surface area (Å²) in [5.74, 6) is 0.629. The number of piperidine rings is 1. The lowest BCUT2D eigenvalue weighted by Gasteiger charge is -2.38. The highest BCUT2D eigenvalue weighted by atomic mass is 16.3. The standard InChI is InChI=1S/C13H24N2O2/c1-13(2,10-4-3-6-14-8-10)12(17)15-7-5-11(16)9-15/h10-11,14,16H,3-9H2,1-2H3. The molecular weight excluding hydrogens is 216 g/mol. The number of nitrogens with one attached hydrogen (secondary N) is 1. The molecule has 4 nitrogen and oxygen atoms in total. The molecule has 2 unspecified atom stereocenters. The maximum Gasteiger partial charge on any atom is 0.228 e. The van der Waals surface area contributed by atoms with Crippen molar-refractivity contribution in [2.75, 3.05) is 26.2 Å². The molecule has 1 amide bonds. The number of nitrogens with zero attached hydrogens (tertiary/aromatic N) is 1. The molecule has 4 heteroatoms. The Kier molecular flexibility index (Phi) is 3.73. The lowest BCUT2D eigenvalue weighted by Crippen LogP contribution is -2.48. The summed E-state index contributed by atoms with van der Waals surface area (Å²) in [7, 11) is 0. The van der Waals surface area contributed by atoms with Crippen molar-refractivity contribution in [2.24, 2.45) is 11.3 Å². The molecule has 98 valence electrons. The van der Waals surface area contributed by atoms with Gasteiger partial charge in [0.25, 0.3) is 0 Å². The molecule has 0 aliphatic carbocycles. The van der Waals surface area contributed by atoms with E-state index in [4.69, 9.17) is 0 Å². The van der Waals surface area contributed by atoms with E-state index in [1.807, 2.05) is 4.90 Å². The van der Waals surface area contributed by atoms with Crippen LogP contribution in [0.4, 0.5) is 0 Å². The first kappa shape index (κ1) is 12.8. The molecule has 0 aromatic heterocycles. The van der Waals surface area contributed by atoms with Crippen molar-refractivity contribution in [2.45, 2.75) is 39.2 Å². The summed E-state index contributed by atoms with van der Waals surface area (Å²) < 4.78 is 0. The fourth-order valence-corrected chi connectivity index (χ4v) is 2.98. The van der Waals surface area contributed by atoms with Crippen LogP contribution < -0.4 is 5.32 Å². The van der Waals surface area contributed by atoms with E-state index in [9.17, 15) is 9.90 Å². The maximum absolute atomic E-state index is 12.5. The van der Waals surface area contributed by atoms with Gasteiger partial charge in [0, 0.05) is 18.5 Å². The van der Waals surface area contributed by atoms with Crippen LogP contribution in [-0.2, 0) is 4.79 Å². The molecule has 2 aliphatic rings. The van der Waals surface area contributed by atoms with Crippen LogP contribution in [0.5, 0.6) is 0 Å². The van der Waals surface area contributed by atoms with Crippen molar-refractivity contribution in [3.8, 4) is 0 Å². The minimum Gasteiger partial charge on any atom is -0.391 e. The minimum absolute atomic E-state index is 0.211. The Morgan fingerprint density at radius 2 is 2.18 bits per heavy atom. The zero-order valence-corrected chi connectivity index (χ0v) is 10.9. The zero-order chi connectivity index (χ0) is 12.5. The molecule has 17 heavy (non-hydrogen) atoms. The van der Waals surface area contributed by atoms with Gasteiger partial charge in [-0.25, -0.2) is 0 Å². The number of carbonyl (C=O) groups is 1. The van der Waals surface area contributed by atoms with Crippen molar-refractivity contribution in [3.63, 3.8) is 0 Å². The average molecular weight is 240 g/mol. The van der Waals surface area contributed by atoms with Gasteiger partial charge < -0.3 is 15.3 Å². The number of likely N-dealkylation sites (tertiary alicyclic amines) is 1. The van der Waals surface area contributed by atoms with Crippen LogP contribution in [0.25, 0.3) is 0 Å². The van der Waals surface area contributed by atoms with E-state index in [-0.39, 0.29) is 17.4 Å². The fraction of sp³-hybridized carbons (Fsp3) is 0.923. The molecule has 2 rings (SSSR count). The van der Waals surface area contributed by atoms with Crippen LogP contribution >= 0.6 is 0 Å². The van der Waals surface area contributed by atoms with Gasteiger partial charge in [-0.05, 0) is 38.3 Å². The van der Waals surface area contributed by atoms with Gasteiger partial charge in [0.2, 0.25) is 5.91 Å². The summed E-state index contributed by atoms with van der Waals surface area (Å²) in [6.07, 6.45) is 2.69. The van der Waals surface area contributed by atoms with E-state index in [0.717, 1.165) is 32.4 Å². The Balaban J connectivity index is 2.00. The van der Waals surface area contributed by atoms with Gasteiger partial charge in [0.15, 0.2) is 0 Å². The second-order valence-corrected chi connectivity index (χ2v) is 5.96. The first-order valence-electron chi connectivity index (χ1n) is 6.70. The first-order chi connectivity index (χ1) is 8.01. The predicted molar refractivity (Wildman–Crippen MR) is 66.6 cm³/mol. The van der Waals surface area contributed by atoms with E-state index in [0.29, 0.717) is 19.0 Å². The Morgan fingerprint density at radius 1 is 1.41 bits per heavy atom. The molecule has 0 radical (unpaired) electrons. The van der Waals surface area contributed by atoms with Gasteiger partial charge in [-0.1, -0.05) is 13.8 Å². The van der Waals surface area contributed by atoms with Crippen LogP contribution in [0.2, 0.25) is 0 Å². The second kappa shape index (κ2) is 4.94. The number of rotatable bonds is 2. The number of aliphatic hydroxyl groups is 1. The summed E-state index contributed by atoms with van der Waals surface area (Å²) in [5.41, 5.74) is -0.308. The summed E-state index contributed by atoms with van der Waals surface area (Å²) in [6.45, 7) is 7.35. The smallest absolute Gasteiger partial charge is 0.228 e. The largest absolute Gasteiger partial charge is 0.391 e. The monoisotopic (exact) mass is 240 g/mol. The van der Waals surface area contributed by atoms with Crippen molar-refractivity contribution in [3.05, 3.63) is 0 Å². The molecule has 0 saturated carbocycles. The summed E-state index contributed by atoms with van der Waals surface area (Å²) >= 11 is 0. The highest BCUT2D eigenvalue weighted by Gasteiger charge is 2.41. The van der Waals surface area contributed by atoms with E-state index >= 15 is 0 Å². The summed E-state index contributed by atoms with van der Waals surface area (Å²) in [6, 6.07) is 0. The third kappa shape index (κ3) is 2.63. The molecule has 2 fully saturated rings. The van der Waals surface area contributed by atoms with E-state index in [1.165, 1.54) is 0 Å². The molecule has 2 atom stereocenters. The van der Waals surface area contributed by atoms with Gasteiger partial charge in [-0.3, -0.25) is 4.79 Å². The quantitative estimate of drug-likeness (QED) is 0.743. The van der Waals surface area contributed by atoms with Gasteiger partial charge in [0.05, 0.1) is 6.10 Å². The third-order valence-corrected chi connectivity index (χ3v) is 4.32. The fourth-order valence-electron chi connectivity index (χ4n) is 2.98. The molecular formula is C13H24N2O2. The summed E-state index contributed by atoms with van der Waals surface area (Å²) in [5, 5.41) is 12.9. The molecule has 2 N–H and O–H groups in total.